The van der Waals surface area contributed by atoms with Gasteiger partial charge >= 0.3 is 18.2 Å². The van der Waals surface area contributed by atoms with Crippen molar-refractivity contribution in [1.82, 2.24) is 20.4 Å². The average molecular weight is 667 g/mol. The molecule has 0 spiro atoms. The summed E-state index contributed by atoms with van der Waals surface area (Å²) >= 11 is 12.1. The summed E-state index contributed by atoms with van der Waals surface area (Å²) < 4.78 is 15.1. The first-order chi connectivity index (χ1) is 21.5. The smallest absolute Gasteiger partial charge is 0.416 e. The van der Waals surface area contributed by atoms with E-state index in [0.717, 1.165) is 0 Å². The number of nitrogens with zero attached hydrogens (tertiary/aromatic N) is 3. The van der Waals surface area contributed by atoms with Crippen molar-refractivity contribution >= 4 is 64.8 Å². The van der Waals surface area contributed by atoms with Crippen LogP contribution in [0.5, 0.6) is 5.75 Å². The van der Waals surface area contributed by atoms with E-state index in [0.29, 0.717) is 0 Å². The molecule has 1 atom stereocenters. The van der Waals surface area contributed by atoms with Crippen molar-refractivity contribution in [3.63, 3.8) is 0 Å². The van der Waals surface area contributed by atoms with Crippen molar-refractivity contribution in [2.45, 2.75) is 33.2 Å². The quantitative estimate of drug-likeness (QED) is 0.235. The number of guanidine groups is 1. The van der Waals surface area contributed by atoms with Gasteiger partial charge in [-0.3, -0.25) is 14.4 Å². The van der Waals surface area contributed by atoms with Crippen molar-refractivity contribution in [1.29, 1.82) is 0 Å². The van der Waals surface area contributed by atoms with Gasteiger partial charge in [0, 0.05) is 16.1 Å². The molecule has 0 aromatic heterocycles. The first-order valence-corrected chi connectivity index (χ1v) is 14.7. The minimum Gasteiger partial charge on any atom is -0.506 e. The van der Waals surface area contributed by atoms with Crippen molar-refractivity contribution in [2.75, 3.05) is 39.5 Å². The van der Waals surface area contributed by atoms with Crippen LogP contribution in [0.4, 0.5) is 15.3 Å². The Morgan fingerprint density at radius 1 is 0.933 bits per heavy atom. The van der Waals surface area contributed by atoms with Crippen LogP contribution in [0.15, 0.2) is 41.4 Å². The molecular weight excluding hydrogens is 633 g/mol. The van der Waals surface area contributed by atoms with Gasteiger partial charge < -0.3 is 30.0 Å². The molecule has 4 amide bonds. The van der Waals surface area contributed by atoms with Crippen LogP contribution in [0.3, 0.4) is 0 Å². The lowest BCUT2D eigenvalue weighted by Crippen LogP contribution is -2.40. The highest BCUT2D eigenvalue weighted by Gasteiger charge is 2.37. The van der Waals surface area contributed by atoms with Crippen LogP contribution < -0.4 is 10.6 Å². The summed E-state index contributed by atoms with van der Waals surface area (Å²) in [6.07, 6.45) is -1.73. The van der Waals surface area contributed by atoms with Gasteiger partial charge in [-0.15, -0.1) is 0 Å². The Balaban J connectivity index is 1.76. The fourth-order valence-corrected chi connectivity index (χ4v) is 4.74. The summed E-state index contributed by atoms with van der Waals surface area (Å²) in [6.45, 7) is 5.00. The van der Waals surface area contributed by atoms with Gasteiger partial charge in [-0.25, -0.2) is 24.4 Å². The van der Waals surface area contributed by atoms with E-state index in [2.05, 4.69) is 15.6 Å². The van der Waals surface area contributed by atoms with Gasteiger partial charge in [0.05, 0.1) is 62.6 Å². The minimum atomic E-state index is -1.07. The average Bonchev–Trinajstić information content (AvgIpc) is 3.41. The van der Waals surface area contributed by atoms with Gasteiger partial charge in [0.15, 0.2) is 0 Å². The molecule has 0 aliphatic carbocycles. The number of phenolic OH excluding ortho intramolecular Hbond substituents is 1. The largest absolute Gasteiger partial charge is 0.506 e. The van der Waals surface area contributed by atoms with E-state index in [-0.39, 0.29) is 77.9 Å². The Morgan fingerprint density at radius 3 is 2.16 bits per heavy atom. The molecule has 3 N–H and O–H groups in total. The second-order valence-corrected chi connectivity index (χ2v) is 10.1. The zero-order valence-electron chi connectivity index (χ0n) is 24.8. The van der Waals surface area contributed by atoms with E-state index in [9.17, 15) is 29.1 Å². The summed E-state index contributed by atoms with van der Waals surface area (Å²) in [7, 11) is 0. The fraction of sp³-hybridized carbons (Fsp3) is 0.379. The standard InChI is InChI=1S/C29H33Cl2N5O9/c1-4-43-24(38)15-22(20-13-18(30)14-21(31)25(20)39)34-23(37)16-32-26(40)17-8-7-9-19(12-17)33-27-35(28(41)44-5-2)10-11-36(27)29(42)45-6-3/h7-9,12-14,22,39H,4-6,10-11,15-16H2,1-3H3,(H,32,40)(H,34,37). The summed E-state index contributed by atoms with van der Waals surface area (Å²) in [5.41, 5.74) is 0.443. The molecular formula is C29H33Cl2N5O9. The number of phenols is 1. The van der Waals surface area contributed by atoms with Gasteiger partial charge in [-0.1, -0.05) is 29.3 Å². The molecule has 2 aromatic rings. The van der Waals surface area contributed by atoms with Gasteiger partial charge in [0.1, 0.15) is 5.75 Å². The Hall–Kier alpha value is -4.56. The predicted molar refractivity (Wildman–Crippen MR) is 164 cm³/mol. The number of halogens is 2. The highest BCUT2D eigenvalue weighted by Crippen LogP contribution is 2.36. The van der Waals surface area contributed by atoms with E-state index in [4.69, 9.17) is 37.4 Å². The molecule has 0 bridgehead atoms. The summed E-state index contributed by atoms with van der Waals surface area (Å²) in [5.74, 6) is -2.38. The molecule has 1 unspecified atom stereocenters. The van der Waals surface area contributed by atoms with Crippen LogP contribution in [0.2, 0.25) is 10.0 Å². The molecule has 2 aromatic carbocycles. The molecule has 0 radical (unpaired) electrons. The Kier molecular flexibility index (Phi) is 12.8. The van der Waals surface area contributed by atoms with E-state index in [1.807, 2.05) is 0 Å². The maximum atomic E-state index is 13.0. The van der Waals surface area contributed by atoms with Crippen molar-refractivity contribution in [3.05, 3.63) is 57.6 Å². The highest BCUT2D eigenvalue weighted by molar-refractivity contribution is 6.35. The van der Waals surface area contributed by atoms with Crippen molar-refractivity contribution < 1.29 is 43.3 Å². The van der Waals surface area contributed by atoms with Crippen LogP contribution in [0.25, 0.3) is 0 Å². The minimum absolute atomic E-state index is 0.0270. The number of esters is 1. The lowest BCUT2D eigenvalue weighted by Gasteiger charge is -2.20. The number of hydrogen-bond acceptors (Lipinski definition) is 10. The van der Waals surface area contributed by atoms with Crippen LogP contribution in [-0.2, 0) is 23.8 Å². The zero-order chi connectivity index (χ0) is 33.1. The van der Waals surface area contributed by atoms with E-state index < -0.39 is 42.6 Å². The Labute approximate surface area is 269 Å². The molecule has 242 valence electrons. The molecule has 45 heavy (non-hydrogen) atoms. The third-order valence-electron chi connectivity index (χ3n) is 6.20. The van der Waals surface area contributed by atoms with E-state index in [1.165, 1.54) is 40.1 Å². The van der Waals surface area contributed by atoms with E-state index in [1.54, 1.807) is 26.8 Å². The van der Waals surface area contributed by atoms with Crippen LogP contribution >= 0.6 is 23.2 Å². The second kappa shape index (κ2) is 16.5. The topological polar surface area (TPSA) is 176 Å². The molecule has 1 fully saturated rings. The monoisotopic (exact) mass is 665 g/mol. The lowest BCUT2D eigenvalue weighted by atomic mass is 10.0. The second-order valence-electron chi connectivity index (χ2n) is 9.30. The first kappa shape index (κ1) is 34.9. The number of rotatable bonds is 11. The third-order valence-corrected chi connectivity index (χ3v) is 6.70. The molecule has 1 heterocycles. The molecule has 1 aliphatic rings. The highest BCUT2D eigenvalue weighted by atomic mass is 35.5. The van der Waals surface area contributed by atoms with Crippen molar-refractivity contribution in [3.8, 4) is 5.75 Å². The maximum absolute atomic E-state index is 13.0. The first-order valence-electron chi connectivity index (χ1n) is 14.0. The van der Waals surface area contributed by atoms with Gasteiger partial charge in [-0.2, -0.15) is 0 Å². The summed E-state index contributed by atoms with van der Waals surface area (Å²) in [4.78, 5) is 69.8. The number of ether oxygens (including phenoxy) is 3. The number of nitrogens with one attached hydrogen (secondary N) is 2. The molecule has 1 saturated heterocycles. The Morgan fingerprint density at radius 2 is 1.56 bits per heavy atom. The fourth-order valence-electron chi connectivity index (χ4n) is 4.23. The number of hydrogen-bond donors (Lipinski definition) is 3. The summed E-state index contributed by atoms with van der Waals surface area (Å²) in [5, 5.41) is 15.6. The van der Waals surface area contributed by atoms with Crippen molar-refractivity contribution in [2.24, 2.45) is 4.99 Å². The maximum Gasteiger partial charge on any atom is 0.416 e. The number of amides is 4. The number of carbonyl (C=O) groups excluding carboxylic acids is 5. The third kappa shape index (κ3) is 9.46. The summed E-state index contributed by atoms with van der Waals surface area (Å²) in [6, 6.07) is 7.57. The molecule has 0 saturated carbocycles. The lowest BCUT2D eigenvalue weighted by molar-refractivity contribution is -0.143. The SMILES string of the molecule is CCOC(=O)CC(NC(=O)CNC(=O)c1cccc(N=C2N(C(=O)OCC)CCN2C(=O)OCC)c1)c1cc(Cl)cc(Cl)c1O. The number of aliphatic imine (C=N–C) groups is 1. The zero-order valence-corrected chi connectivity index (χ0v) is 26.3. The molecule has 1 aliphatic heterocycles. The van der Waals surface area contributed by atoms with Gasteiger partial charge in [0.2, 0.25) is 11.9 Å². The van der Waals surface area contributed by atoms with Crippen LogP contribution in [0.1, 0.15) is 49.2 Å². The van der Waals surface area contributed by atoms with Crippen LogP contribution in [-0.4, -0.2) is 90.3 Å². The molecule has 14 nitrogen and oxygen atoms in total. The Bertz CT molecular complexity index is 1440. The van der Waals surface area contributed by atoms with Crippen LogP contribution in [0, 0.1) is 0 Å². The van der Waals surface area contributed by atoms with Gasteiger partial charge in [0.25, 0.3) is 5.91 Å². The number of aromatic hydroxyl groups is 1. The van der Waals surface area contributed by atoms with E-state index >= 15 is 0 Å². The molecule has 3 rings (SSSR count). The number of carbonyl (C=O) groups is 5. The number of benzene rings is 2. The molecule has 16 heteroatoms. The normalized spacial score (nSPS) is 13.1. The predicted octanol–water partition coefficient (Wildman–Crippen LogP) is 4.16. The van der Waals surface area contributed by atoms with Gasteiger partial charge in [-0.05, 0) is 51.1 Å².